The number of fused-ring (bicyclic) bond motifs is 1. The van der Waals surface area contributed by atoms with Gasteiger partial charge in [0.05, 0.1) is 11.3 Å². The molecule has 32 heavy (non-hydrogen) atoms. The van der Waals surface area contributed by atoms with Crippen molar-refractivity contribution in [2.75, 3.05) is 0 Å². The molecule has 0 bridgehead atoms. The average Bonchev–Trinajstić information content (AvgIpc) is 3.22. The summed E-state index contributed by atoms with van der Waals surface area (Å²) in [6.45, 7) is 0. The number of hydrogen-bond donors (Lipinski definition) is 0. The molecule has 0 unspecified atom stereocenters. The average molecular weight is 524 g/mol. The molecule has 3 aromatic carbocycles. The van der Waals surface area contributed by atoms with E-state index in [1.807, 2.05) is 83.6 Å². The van der Waals surface area contributed by atoms with Crippen LogP contribution in [0.25, 0.3) is 27.9 Å². The van der Waals surface area contributed by atoms with Crippen LogP contribution in [0.5, 0.6) is 0 Å². The van der Waals surface area contributed by atoms with E-state index in [0.717, 1.165) is 26.3 Å². The van der Waals surface area contributed by atoms with Gasteiger partial charge in [0.2, 0.25) is 0 Å². The van der Waals surface area contributed by atoms with Crippen LogP contribution < -0.4 is 5.63 Å². The van der Waals surface area contributed by atoms with E-state index in [9.17, 15) is 4.79 Å². The maximum Gasteiger partial charge on any atom is 0.345 e. The molecule has 7 heteroatoms. The van der Waals surface area contributed by atoms with Crippen molar-refractivity contribution in [3.8, 4) is 16.9 Å². The summed E-state index contributed by atoms with van der Waals surface area (Å²) < 4.78 is 8.51. The van der Waals surface area contributed by atoms with Gasteiger partial charge in [-0.1, -0.05) is 69.6 Å². The van der Waals surface area contributed by atoms with Crippen LogP contribution in [0, 0.1) is 0 Å². The quantitative estimate of drug-likeness (QED) is 0.178. The SMILES string of the molecule is O=c1oc2ccccc2cc1-c1cn(-c2ccc(Br)cc2)c(SCc2cccc(Cl)c2)n1. The summed E-state index contributed by atoms with van der Waals surface area (Å²) in [6, 6.07) is 25.0. The van der Waals surface area contributed by atoms with E-state index < -0.39 is 5.63 Å². The highest BCUT2D eigenvalue weighted by Gasteiger charge is 2.16. The Hall–Kier alpha value is -2.80. The molecule has 0 N–H and O–H groups in total. The number of thioether (sulfide) groups is 1. The lowest BCUT2D eigenvalue weighted by Gasteiger charge is -2.07. The van der Waals surface area contributed by atoms with Crippen molar-refractivity contribution in [3.05, 3.63) is 111 Å². The Balaban J connectivity index is 1.58. The number of imidazole rings is 1. The Morgan fingerprint density at radius 1 is 1.00 bits per heavy atom. The summed E-state index contributed by atoms with van der Waals surface area (Å²) >= 11 is 11.2. The third-order valence-corrected chi connectivity index (χ3v) is 6.74. The number of aromatic nitrogens is 2. The van der Waals surface area contributed by atoms with E-state index in [0.29, 0.717) is 27.6 Å². The first-order chi connectivity index (χ1) is 15.6. The van der Waals surface area contributed by atoms with Crippen molar-refractivity contribution in [3.63, 3.8) is 0 Å². The molecule has 5 rings (SSSR count). The Labute approximate surface area is 202 Å². The minimum Gasteiger partial charge on any atom is -0.422 e. The first-order valence-electron chi connectivity index (χ1n) is 9.83. The molecule has 0 spiro atoms. The summed E-state index contributed by atoms with van der Waals surface area (Å²) in [6.07, 6.45) is 1.88. The summed E-state index contributed by atoms with van der Waals surface area (Å²) in [5, 5.41) is 2.33. The second kappa shape index (κ2) is 8.98. The lowest BCUT2D eigenvalue weighted by Crippen LogP contribution is -2.02. The zero-order chi connectivity index (χ0) is 22.1. The van der Waals surface area contributed by atoms with E-state index in [1.54, 1.807) is 17.8 Å². The van der Waals surface area contributed by atoms with E-state index in [4.69, 9.17) is 21.0 Å². The van der Waals surface area contributed by atoms with Gasteiger partial charge in [0.15, 0.2) is 5.16 Å². The molecule has 0 saturated heterocycles. The van der Waals surface area contributed by atoms with Crippen molar-refractivity contribution in [1.29, 1.82) is 0 Å². The second-order valence-corrected chi connectivity index (χ2v) is 9.45. The molecule has 4 nitrogen and oxygen atoms in total. The van der Waals surface area contributed by atoms with Gasteiger partial charge >= 0.3 is 5.63 Å². The molecule has 0 radical (unpaired) electrons. The van der Waals surface area contributed by atoms with Crippen LogP contribution in [0.15, 0.2) is 104 Å². The van der Waals surface area contributed by atoms with Crippen molar-refractivity contribution < 1.29 is 4.42 Å². The van der Waals surface area contributed by atoms with Crippen LogP contribution in [0.2, 0.25) is 5.02 Å². The Morgan fingerprint density at radius 2 is 1.81 bits per heavy atom. The minimum absolute atomic E-state index is 0.407. The van der Waals surface area contributed by atoms with Gasteiger partial charge in [-0.2, -0.15) is 0 Å². The van der Waals surface area contributed by atoms with Crippen LogP contribution in [0.4, 0.5) is 0 Å². The largest absolute Gasteiger partial charge is 0.422 e. The molecular weight excluding hydrogens is 508 g/mol. The minimum atomic E-state index is -0.407. The monoisotopic (exact) mass is 522 g/mol. The Bertz CT molecular complexity index is 1480. The standard InChI is InChI=1S/C25H16BrClN2O2S/c26-18-8-10-20(11-9-18)29-14-22(21-13-17-5-1-2-7-23(17)31-24(21)30)28-25(29)32-15-16-4-3-6-19(27)12-16/h1-14H,15H2. The van der Waals surface area contributed by atoms with E-state index in [1.165, 1.54) is 0 Å². The summed E-state index contributed by atoms with van der Waals surface area (Å²) in [5.74, 6) is 0.694. The highest BCUT2D eigenvalue weighted by Crippen LogP contribution is 2.30. The smallest absolute Gasteiger partial charge is 0.345 e. The molecule has 0 amide bonds. The lowest BCUT2D eigenvalue weighted by atomic mass is 10.1. The van der Waals surface area contributed by atoms with E-state index in [-0.39, 0.29) is 0 Å². The highest BCUT2D eigenvalue weighted by atomic mass is 79.9. The van der Waals surface area contributed by atoms with Gasteiger partial charge in [-0.05, 0) is 54.1 Å². The molecule has 0 fully saturated rings. The lowest BCUT2D eigenvalue weighted by molar-refractivity contribution is 0.563. The van der Waals surface area contributed by atoms with Crippen LogP contribution in [-0.4, -0.2) is 9.55 Å². The molecule has 0 atom stereocenters. The van der Waals surface area contributed by atoms with E-state index in [2.05, 4.69) is 15.9 Å². The summed E-state index contributed by atoms with van der Waals surface area (Å²) in [4.78, 5) is 17.5. The van der Waals surface area contributed by atoms with Crippen LogP contribution in [0.3, 0.4) is 0 Å². The topological polar surface area (TPSA) is 48.0 Å². The predicted molar refractivity (Wildman–Crippen MR) is 134 cm³/mol. The first-order valence-corrected chi connectivity index (χ1v) is 12.0. The van der Waals surface area contributed by atoms with Crippen molar-refractivity contribution in [2.45, 2.75) is 10.9 Å². The van der Waals surface area contributed by atoms with Crippen LogP contribution >= 0.6 is 39.3 Å². The van der Waals surface area contributed by atoms with Gasteiger partial charge in [-0.3, -0.25) is 4.57 Å². The zero-order valence-corrected chi connectivity index (χ0v) is 19.8. The van der Waals surface area contributed by atoms with Crippen molar-refractivity contribution >= 4 is 50.3 Å². The fourth-order valence-electron chi connectivity index (χ4n) is 3.40. The van der Waals surface area contributed by atoms with E-state index >= 15 is 0 Å². The Morgan fingerprint density at radius 3 is 2.62 bits per heavy atom. The summed E-state index contributed by atoms with van der Waals surface area (Å²) in [7, 11) is 0. The number of para-hydroxylation sites is 1. The first kappa shape index (κ1) is 21.1. The molecule has 0 aliphatic carbocycles. The maximum absolute atomic E-state index is 12.7. The molecule has 5 aromatic rings. The number of nitrogens with zero attached hydrogens (tertiary/aromatic N) is 2. The second-order valence-electron chi connectivity index (χ2n) is 7.16. The fraction of sp³-hybridized carbons (Fsp3) is 0.0400. The molecule has 0 aliphatic heterocycles. The molecular formula is C25H16BrClN2O2S. The van der Waals surface area contributed by atoms with Crippen LogP contribution in [0.1, 0.15) is 5.56 Å². The number of benzene rings is 3. The normalized spacial score (nSPS) is 11.2. The van der Waals surface area contributed by atoms with Crippen molar-refractivity contribution in [1.82, 2.24) is 9.55 Å². The third kappa shape index (κ3) is 4.39. The van der Waals surface area contributed by atoms with Gasteiger partial charge in [0, 0.05) is 32.5 Å². The molecule has 2 heterocycles. The predicted octanol–water partition coefficient (Wildman–Crippen LogP) is 7.35. The van der Waals surface area contributed by atoms with Gasteiger partial charge in [-0.15, -0.1) is 0 Å². The molecule has 2 aromatic heterocycles. The summed E-state index contributed by atoms with van der Waals surface area (Å²) in [5.41, 5.74) is 3.20. The molecule has 0 saturated carbocycles. The molecule has 0 aliphatic rings. The number of halogens is 2. The van der Waals surface area contributed by atoms with Gasteiger partial charge in [-0.25, -0.2) is 9.78 Å². The highest BCUT2D eigenvalue weighted by molar-refractivity contribution is 9.10. The molecule has 158 valence electrons. The van der Waals surface area contributed by atoms with Gasteiger partial charge in [0.25, 0.3) is 0 Å². The van der Waals surface area contributed by atoms with Gasteiger partial charge < -0.3 is 4.42 Å². The van der Waals surface area contributed by atoms with Gasteiger partial charge in [0.1, 0.15) is 5.58 Å². The third-order valence-electron chi connectivity index (χ3n) is 4.95. The number of rotatable bonds is 5. The number of hydrogen-bond acceptors (Lipinski definition) is 4. The maximum atomic E-state index is 12.7. The van der Waals surface area contributed by atoms with Crippen LogP contribution in [-0.2, 0) is 5.75 Å². The fourth-order valence-corrected chi connectivity index (χ4v) is 4.81. The van der Waals surface area contributed by atoms with Crippen molar-refractivity contribution in [2.24, 2.45) is 0 Å². The zero-order valence-electron chi connectivity index (χ0n) is 16.7. The Kier molecular flexibility index (Phi) is 5.91.